The lowest BCUT2D eigenvalue weighted by Gasteiger charge is -2.25. The molecule has 7 heteroatoms. The number of hydrogen-bond acceptors (Lipinski definition) is 6. The minimum absolute atomic E-state index is 0.0572. The van der Waals surface area contributed by atoms with Crippen molar-refractivity contribution in [1.82, 2.24) is 15.0 Å². The van der Waals surface area contributed by atoms with E-state index in [1.54, 1.807) is 23.7 Å². The quantitative estimate of drug-likeness (QED) is 0.620. The van der Waals surface area contributed by atoms with E-state index in [1.807, 2.05) is 17.0 Å². The summed E-state index contributed by atoms with van der Waals surface area (Å²) in [4.78, 5) is 20.7. The highest BCUT2D eigenvalue weighted by Gasteiger charge is 2.32. The van der Waals surface area contributed by atoms with Crippen molar-refractivity contribution in [2.45, 2.75) is 38.2 Å². The van der Waals surface area contributed by atoms with Gasteiger partial charge in [0.25, 0.3) is 5.91 Å². The van der Waals surface area contributed by atoms with Crippen LogP contribution in [0.25, 0.3) is 11.3 Å². The van der Waals surface area contributed by atoms with Crippen LogP contribution in [0.15, 0.2) is 40.5 Å². The van der Waals surface area contributed by atoms with Crippen molar-refractivity contribution in [2.24, 2.45) is 0 Å². The second kappa shape index (κ2) is 8.08. The Morgan fingerprint density at radius 2 is 2.14 bits per heavy atom. The first kappa shape index (κ1) is 18.5. The molecule has 0 N–H and O–H groups in total. The Hall–Kier alpha value is -2.51. The van der Waals surface area contributed by atoms with Gasteiger partial charge in [-0.25, -0.2) is 0 Å². The second-order valence-corrected chi connectivity index (χ2v) is 8.59. The molecule has 0 aromatic carbocycles. The number of pyridine rings is 1. The largest absolute Gasteiger partial charge is 0.376 e. The zero-order valence-corrected chi connectivity index (χ0v) is 17.0. The van der Waals surface area contributed by atoms with Gasteiger partial charge in [0.2, 0.25) is 0 Å². The minimum atomic E-state index is -0.0572. The van der Waals surface area contributed by atoms with Crippen molar-refractivity contribution >= 4 is 17.2 Å². The van der Waals surface area contributed by atoms with Gasteiger partial charge in [-0.05, 0) is 61.2 Å². The predicted octanol–water partition coefficient (Wildman–Crippen LogP) is 3.76. The van der Waals surface area contributed by atoms with Crippen molar-refractivity contribution in [3.63, 3.8) is 0 Å². The summed E-state index contributed by atoms with van der Waals surface area (Å²) in [7, 11) is 0. The molecule has 150 valence electrons. The summed E-state index contributed by atoms with van der Waals surface area (Å²) in [6.45, 7) is 1.99. The summed E-state index contributed by atoms with van der Waals surface area (Å²) in [5.41, 5.74) is 3.66. The molecule has 1 saturated heterocycles. The molecule has 0 radical (unpaired) electrons. The van der Waals surface area contributed by atoms with E-state index in [0.717, 1.165) is 61.2 Å². The smallest absolute Gasteiger partial charge is 0.276 e. The number of rotatable bonds is 6. The van der Waals surface area contributed by atoms with Gasteiger partial charge in [0, 0.05) is 48.1 Å². The molecule has 4 heterocycles. The fraction of sp³-hybridized carbons (Fsp3) is 0.409. The van der Waals surface area contributed by atoms with Crippen molar-refractivity contribution in [1.29, 1.82) is 0 Å². The number of carbonyl (C=O) groups is 1. The normalized spacial score (nSPS) is 17.7. The van der Waals surface area contributed by atoms with Crippen molar-refractivity contribution in [2.75, 3.05) is 19.7 Å². The zero-order valence-electron chi connectivity index (χ0n) is 16.2. The number of amides is 1. The number of carbonyl (C=O) groups excluding carboxylic acids is 1. The van der Waals surface area contributed by atoms with Gasteiger partial charge < -0.3 is 14.2 Å². The summed E-state index contributed by atoms with van der Waals surface area (Å²) >= 11 is 1.74. The molecule has 0 spiro atoms. The van der Waals surface area contributed by atoms with E-state index in [1.165, 1.54) is 4.88 Å². The van der Waals surface area contributed by atoms with Gasteiger partial charge in [-0.15, -0.1) is 11.3 Å². The van der Waals surface area contributed by atoms with E-state index < -0.39 is 0 Å². The van der Waals surface area contributed by atoms with Crippen LogP contribution < -0.4 is 0 Å². The highest BCUT2D eigenvalue weighted by atomic mass is 32.1. The van der Waals surface area contributed by atoms with Crippen LogP contribution in [-0.4, -0.2) is 46.7 Å². The van der Waals surface area contributed by atoms with Crippen LogP contribution in [0.1, 0.15) is 39.3 Å². The van der Waals surface area contributed by atoms with Gasteiger partial charge in [-0.3, -0.25) is 9.78 Å². The maximum atomic E-state index is 13.5. The van der Waals surface area contributed by atoms with Gasteiger partial charge in [0.1, 0.15) is 0 Å². The topological polar surface area (TPSA) is 68.5 Å². The summed E-state index contributed by atoms with van der Waals surface area (Å²) in [5.74, 6) is 0.709. The van der Waals surface area contributed by atoms with Crippen LogP contribution in [0.4, 0.5) is 0 Å². The number of aryl methyl sites for hydroxylation is 1. The second-order valence-electron chi connectivity index (χ2n) is 7.59. The van der Waals surface area contributed by atoms with Crippen LogP contribution in [0.2, 0.25) is 0 Å². The summed E-state index contributed by atoms with van der Waals surface area (Å²) in [6, 6.07) is 6.04. The number of thiophene rings is 1. The number of ether oxygens (including phenoxy) is 1. The average molecular weight is 410 g/mol. The van der Waals surface area contributed by atoms with Gasteiger partial charge >= 0.3 is 0 Å². The molecule has 0 bridgehead atoms. The Kier molecular flexibility index (Phi) is 5.16. The van der Waals surface area contributed by atoms with E-state index >= 15 is 0 Å². The third-order valence-corrected chi connectivity index (χ3v) is 6.72. The lowest BCUT2D eigenvalue weighted by Crippen LogP contribution is -2.39. The fourth-order valence-corrected chi connectivity index (χ4v) is 5.05. The molecule has 5 rings (SSSR count). The molecule has 1 atom stereocenters. The fourth-order valence-electron chi connectivity index (χ4n) is 4.17. The van der Waals surface area contributed by atoms with E-state index in [0.29, 0.717) is 18.8 Å². The highest BCUT2D eigenvalue weighted by Crippen LogP contribution is 2.38. The summed E-state index contributed by atoms with van der Waals surface area (Å²) in [5, 5.41) is 6.29. The lowest BCUT2D eigenvalue weighted by atomic mass is 9.95. The summed E-state index contributed by atoms with van der Waals surface area (Å²) in [6.07, 6.45) is 8.22. The van der Waals surface area contributed by atoms with E-state index in [-0.39, 0.29) is 12.0 Å². The lowest BCUT2D eigenvalue weighted by molar-refractivity contribution is 0.0520. The first-order valence-corrected chi connectivity index (χ1v) is 11.0. The molecule has 1 amide bonds. The first-order valence-electron chi connectivity index (χ1n) is 10.1. The highest BCUT2D eigenvalue weighted by molar-refractivity contribution is 7.10. The molecule has 2 aliphatic rings. The maximum Gasteiger partial charge on any atom is 0.276 e. The van der Waals surface area contributed by atoms with E-state index in [2.05, 4.69) is 21.6 Å². The molecule has 0 unspecified atom stereocenters. The first-order chi connectivity index (χ1) is 14.3. The number of hydrogen-bond donors (Lipinski definition) is 0. The number of nitrogens with zero attached hydrogens (tertiary/aromatic N) is 3. The van der Waals surface area contributed by atoms with Gasteiger partial charge in [-0.1, -0.05) is 5.16 Å². The van der Waals surface area contributed by atoms with Crippen LogP contribution in [0.5, 0.6) is 0 Å². The monoisotopic (exact) mass is 409 g/mol. The molecule has 0 saturated carbocycles. The van der Waals surface area contributed by atoms with Crippen molar-refractivity contribution in [3.05, 3.63) is 57.7 Å². The molecule has 29 heavy (non-hydrogen) atoms. The minimum Gasteiger partial charge on any atom is -0.376 e. The van der Waals surface area contributed by atoms with Crippen molar-refractivity contribution in [3.8, 4) is 11.3 Å². The summed E-state index contributed by atoms with van der Waals surface area (Å²) < 4.78 is 11.5. The third kappa shape index (κ3) is 3.72. The number of aromatic nitrogens is 2. The molecule has 3 aromatic rings. The molecule has 1 fully saturated rings. The van der Waals surface area contributed by atoms with Gasteiger partial charge in [0.05, 0.1) is 6.10 Å². The van der Waals surface area contributed by atoms with Gasteiger partial charge in [-0.2, -0.15) is 0 Å². The Bertz CT molecular complexity index is 992. The maximum absolute atomic E-state index is 13.5. The SMILES string of the molecule is O=C(c1noc2c1CCc1sccc1-2)N(CCc1ccncc1)C[C@@H]1CCCO1. The van der Waals surface area contributed by atoms with E-state index in [9.17, 15) is 4.79 Å². The van der Waals surface area contributed by atoms with Crippen LogP contribution >= 0.6 is 11.3 Å². The van der Waals surface area contributed by atoms with Crippen LogP contribution in [0, 0.1) is 0 Å². The van der Waals surface area contributed by atoms with E-state index in [4.69, 9.17) is 9.26 Å². The Morgan fingerprint density at radius 1 is 1.24 bits per heavy atom. The molecule has 1 aliphatic carbocycles. The van der Waals surface area contributed by atoms with Crippen LogP contribution in [0.3, 0.4) is 0 Å². The Balaban J connectivity index is 1.39. The van der Waals surface area contributed by atoms with Crippen LogP contribution in [-0.2, 0) is 24.0 Å². The van der Waals surface area contributed by atoms with Crippen molar-refractivity contribution < 1.29 is 14.1 Å². The Labute approximate surface area is 173 Å². The molecule has 6 nitrogen and oxygen atoms in total. The molecular formula is C22H23N3O3S. The zero-order chi connectivity index (χ0) is 19.6. The molecular weight excluding hydrogens is 386 g/mol. The third-order valence-electron chi connectivity index (χ3n) is 5.74. The van der Waals surface area contributed by atoms with Gasteiger partial charge in [0.15, 0.2) is 11.5 Å². The number of fused-ring (bicyclic) bond motifs is 3. The average Bonchev–Trinajstić information content (AvgIpc) is 3.51. The Morgan fingerprint density at radius 3 is 2.97 bits per heavy atom. The standard InChI is InChI=1S/C22H23N3O3S/c26-22(20-18-3-4-19-17(8-13-29-19)21(18)28-24-20)25(14-16-2-1-12-27-16)11-7-15-5-9-23-10-6-15/h5-6,8-10,13,16H,1-4,7,11-12,14H2/t16-/m0/s1. The molecule has 1 aliphatic heterocycles. The predicted molar refractivity (Wildman–Crippen MR) is 110 cm³/mol. The molecule has 3 aromatic heterocycles.